The minimum Gasteiger partial charge on any atom is -0.496 e. The molecule has 0 spiro atoms. The Bertz CT molecular complexity index is 2170. The molecule has 56 heavy (non-hydrogen) atoms. The smallest absolute Gasteiger partial charge is 0.254 e. The fourth-order valence-corrected chi connectivity index (χ4v) is 7.86. The van der Waals surface area contributed by atoms with Crippen molar-refractivity contribution in [3.8, 4) is 16.9 Å². The van der Waals surface area contributed by atoms with Crippen LogP contribution in [0.25, 0.3) is 22.2 Å². The van der Waals surface area contributed by atoms with Crippen LogP contribution in [-0.4, -0.2) is 101 Å². The Morgan fingerprint density at radius 3 is 2.43 bits per heavy atom. The van der Waals surface area contributed by atoms with Crippen molar-refractivity contribution < 1.29 is 19.1 Å². The highest BCUT2D eigenvalue weighted by atomic mass is 16.5. The Labute approximate surface area is 329 Å². The molecular weight excluding hydrogens is 705 g/mol. The Morgan fingerprint density at radius 1 is 0.946 bits per heavy atom. The number of primary amides is 1. The van der Waals surface area contributed by atoms with Crippen LogP contribution >= 0.6 is 0 Å². The van der Waals surface area contributed by atoms with Crippen LogP contribution in [0.1, 0.15) is 69.8 Å². The molecule has 2 aliphatic heterocycles. The van der Waals surface area contributed by atoms with Crippen LogP contribution in [0.15, 0.2) is 72.9 Å². The summed E-state index contributed by atoms with van der Waals surface area (Å²) in [6.07, 6.45) is 4.28. The van der Waals surface area contributed by atoms with E-state index in [1.54, 1.807) is 31.4 Å². The lowest BCUT2D eigenvalue weighted by Crippen LogP contribution is -2.43. The molecule has 2 fully saturated rings. The number of carbonyl (C=O) groups excluding carboxylic acids is 2. The largest absolute Gasteiger partial charge is 0.496 e. The lowest BCUT2D eigenvalue weighted by atomic mass is 9.99. The van der Waals surface area contributed by atoms with E-state index in [4.69, 9.17) is 20.2 Å². The minimum atomic E-state index is -0.589. The van der Waals surface area contributed by atoms with Gasteiger partial charge in [-0.3, -0.25) is 14.5 Å². The van der Waals surface area contributed by atoms with Crippen molar-refractivity contribution in [3.05, 3.63) is 106 Å². The van der Waals surface area contributed by atoms with E-state index >= 15 is 0 Å². The van der Waals surface area contributed by atoms with E-state index in [9.17, 15) is 9.59 Å². The van der Waals surface area contributed by atoms with Gasteiger partial charge in [0, 0.05) is 86.5 Å². The predicted molar refractivity (Wildman–Crippen MR) is 220 cm³/mol. The third-order valence-electron chi connectivity index (χ3n) is 11.1. The van der Waals surface area contributed by atoms with Gasteiger partial charge in [-0.1, -0.05) is 37.3 Å². The molecule has 0 bridgehead atoms. The van der Waals surface area contributed by atoms with Gasteiger partial charge in [-0.2, -0.15) is 5.10 Å². The number of pyridine rings is 1. The molecule has 5 aromatic rings. The zero-order valence-electron chi connectivity index (χ0n) is 33.1. The number of rotatable bonds is 14. The number of hydrogen-bond donors (Lipinski definition) is 2. The minimum absolute atomic E-state index is 0.197. The van der Waals surface area contributed by atoms with E-state index in [-0.39, 0.29) is 30.6 Å². The number of ether oxygens (including phenoxy) is 2. The average Bonchev–Trinajstić information content (AvgIpc) is 3.65. The number of anilines is 1. The average molecular weight is 759 g/mol. The summed E-state index contributed by atoms with van der Waals surface area (Å²) < 4.78 is 13.6. The van der Waals surface area contributed by atoms with Crippen LogP contribution in [-0.2, 0) is 37.3 Å². The van der Waals surface area contributed by atoms with Crippen LogP contribution in [0.2, 0.25) is 0 Å². The van der Waals surface area contributed by atoms with E-state index in [2.05, 4.69) is 77.5 Å². The third-order valence-corrected chi connectivity index (χ3v) is 11.1. The number of amides is 2. The summed E-state index contributed by atoms with van der Waals surface area (Å²) in [4.78, 5) is 38.9. The number of aryl methyl sites for hydroxylation is 2. The Kier molecular flexibility index (Phi) is 12.3. The summed E-state index contributed by atoms with van der Waals surface area (Å²) in [6, 6.07) is 21.7. The molecule has 12 nitrogen and oxygen atoms in total. The fourth-order valence-electron chi connectivity index (χ4n) is 7.86. The highest BCUT2D eigenvalue weighted by Crippen LogP contribution is 2.35. The van der Waals surface area contributed by atoms with Crippen molar-refractivity contribution in [2.45, 2.75) is 65.3 Å². The molecule has 294 valence electrons. The van der Waals surface area contributed by atoms with E-state index in [1.807, 2.05) is 21.8 Å². The van der Waals surface area contributed by atoms with E-state index in [0.717, 1.165) is 90.2 Å². The lowest BCUT2D eigenvalue weighted by molar-refractivity contribution is 0.0728. The van der Waals surface area contributed by atoms with E-state index in [0.29, 0.717) is 37.5 Å². The maximum Gasteiger partial charge on any atom is 0.254 e. The zero-order valence-corrected chi connectivity index (χ0v) is 33.1. The number of nitrogens with one attached hydrogen (secondary N) is 1. The molecule has 2 amide bonds. The molecule has 0 aliphatic carbocycles. The summed E-state index contributed by atoms with van der Waals surface area (Å²) >= 11 is 0. The second-order valence-electron chi connectivity index (χ2n) is 14.9. The van der Waals surface area contributed by atoms with E-state index < -0.39 is 5.91 Å². The third kappa shape index (κ3) is 8.72. The van der Waals surface area contributed by atoms with Crippen molar-refractivity contribution in [2.75, 3.05) is 58.9 Å². The lowest BCUT2D eigenvalue weighted by Gasteiger charge is -2.32. The molecule has 2 aliphatic rings. The number of nitrogens with zero attached hydrogens (tertiary/aromatic N) is 6. The maximum atomic E-state index is 14.8. The standard InChI is InChI=1S/C44H54N8O4/c1-5-39-38(41(47-36-15-21-56-22-16-36)37-26-46-52(6-2)43(37)48-39)29-51(44(54)34-12-8-11-33(25-34)42(45)53)28-35-24-32(13-14-40(35)55-4)31-10-7-9-30(23-31)27-50-19-17-49(3)18-20-50/h7-14,23-26,36H,5-6,15-22,27-29H2,1-4H3,(H2,45,53)(H,47,48). The molecule has 0 saturated carbocycles. The monoisotopic (exact) mass is 758 g/mol. The first kappa shape index (κ1) is 39.0. The second-order valence-corrected chi connectivity index (χ2v) is 14.9. The molecule has 7 rings (SSSR count). The van der Waals surface area contributed by atoms with Crippen molar-refractivity contribution in [1.29, 1.82) is 0 Å². The Balaban J connectivity index is 1.29. The second kappa shape index (κ2) is 17.7. The number of methoxy groups -OCH3 is 1. The van der Waals surface area contributed by atoms with Gasteiger partial charge in [0.05, 0.1) is 37.5 Å². The predicted octanol–water partition coefficient (Wildman–Crippen LogP) is 5.97. The van der Waals surface area contributed by atoms with Gasteiger partial charge in [0.15, 0.2) is 5.65 Å². The summed E-state index contributed by atoms with van der Waals surface area (Å²) in [5.74, 6) is -0.146. The highest BCUT2D eigenvalue weighted by Gasteiger charge is 2.27. The molecule has 0 unspecified atom stereocenters. The van der Waals surface area contributed by atoms with Gasteiger partial charge in [0.1, 0.15) is 5.75 Å². The van der Waals surface area contributed by atoms with E-state index in [1.165, 1.54) is 5.56 Å². The summed E-state index contributed by atoms with van der Waals surface area (Å²) in [5.41, 5.74) is 14.2. The van der Waals surface area contributed by atoms with Crippen LogP contribution in [0.4, 0.5) is 5.69 Å². The topological polar surface area (TPSA) is 131 Å². The molecule has 3 aromatic carbocycles. The normalized spacial score (nSPS) is 15.6. The first-order valence-electron chi connectivity index (χ1n) is 19.8. The van der Waals surface area contributed by atoms with Gasteiger partial charge < -0.3 is 30.3 Å². The van der Waals surface area contributed by atoms with Gasteiger partial charge >= 0.3 is 0 Å². The first-order chi connectivity index (χ1) is 27.2. The van der Waals surface area contributed by atoms with Crippen LogP contribution in [0.5, 0.6) is 5.75 Å². The Morgan fingerprint density at radius 2 is 1.70 bits per heavy atom. The molecule has 12 heteroatoms. The van der Waals surface area contributed by atoms with Gasteiger partial charge in [0.2, 0.25) is 5.91 Å². The first-order valence-corrected chi connectivity index (χ1v) is 19.8. The number of carbonyl (C=O) groups is 2. The molecule has 0 radical (unpaired) electrons. The molecular formula is C44H54N8O4. The molecule has 0 atom stereocenters. The van der Waals surface area contributed by atoms with Crippen LogP contribution in [0.3, 0.4) is 0 Å². The van der Waals surface area contributed by atoms with Crippen molar-refractivity contribution in [1.82, 2.24) is 29.5 Å². The quantitative estimate of drug-likeness (QED) is 0.141. The number of nitrogens with two attached hydrogens (primary N) is 1. The van der Waals surface area contributed by atoms with Gasteiger partial charge in [-0.25, -0.2) is 9.67 Å². The number of likely N-dealkylation sites (N-methyl/N-ethyl adjacent to an activating group) is 1. The Hall–Kier alpha value is -5.30. The number of aromatic nitrogens is 3. The SMILES string of the molecule is CCc1nc2c(cnn2CC)c(NC2CCOCC2)c1CN(Cc1cc(-c2cccc(CN3CCN(C)CC3)c2)ccc1OC)C(=O)c1cccc(C(N)=O)c1. The number of benzene rings is 3. The van der Waals surface area contributed by atoms with Gasteiger partial charge in [0.25, 0.3) is 5.91 Å². The fraction of sp³-hybridized carbons (Fsp3) is 0.409. The maximum absolute atomic E-state index is 14.8. The van der Waals surface area contributed by atoms with Gasteiger partial charge in [-0.15, -0.1) is 0 Å². The number of hydrogen-bond acceptors (Lipinski definition) is 9. The molecule has 2 saturated heterocycles. The van der Waals surface area contributed by atoms with Crippen LogP contribution < -0.4 is 15.8 Å². The van der Waals surface area contributed by atoms with Crippen molar-refractivity contribution in [2.24, 2.45) is 5.73 Å². The summed E-state index contributed by atoms with van der Waals surface area (Å²) in [7, 11) is 3.83. The molecule has 2 aromatic heterocycles. The van der Waals surface area contributed by atoms with Crippen molar-refractivity contribution >= 4 is 28.5 Å². The highest BCUT2D eigenvalue weighted by molar-refractivity contribution is 5.99. The molecule has 4 heterocycles. The zero-order chi connectivity index (χ0) is 39.2. The number of fused-ring (bicyclic) bond motifs is 1. The number of piperazine rings is 1. The summed E-state index contributed by atoms with van der Waals surface area (Å²) in [6.45, 7) is 11.8. The molecule has 3 N–H and O–H groups in total. The van der Waals surface area contributed by atoms with Crippen LogP contribution in [0, 0.1) is 0 Å². The van der Waals surface area contributed by atoms with Gasteiger partial charge in [-0.05, 0) is 86.3 Å². The summed E-state index contributed by atoms with van der Waals surface area (Å²) in [5, 5.41) is 9.47. The van der Waals surface area contributed by atoms with Crippen molar-refractivity contribution in [3.63, 3.8) is 0 Å².